The maximum Gasteiger partial charge on any atom is 0.0598 e. The Morgan fingerprint density at radius 3 is 2.52 bits per heavy atom. The van der Waals surface area contributed by atoms with Crippen LogP contribution >= 0.6 is 0 Å². The second kappa shape index (κ2) is 6.68. The zero-order valence-corrected chi connectivity index (χ0v) is 13.3. The van der Waals surface area contributed by atoms with Gasteiger partial charge in [-0.1, -0.05) is 6.07 Å². The van der Waals surface area contributed by atoms with Crippen molar-refractivity contribution < 1.29 is 0 Å². The summed E-state index contributed by atoms with van der Waals surface area (Å²) in [7, 11) is 2.09. The van der Waals surface area contributed by atoms with Crippen molar-refractivity contribution in [1.82, 2.24) is 15.3 Å². The van der Waals surface area contributed by atoms with Crippen LogP contribution in [-0.2, 0) is 13.1 Å². The van der Waals surface area contributed by atoms with Gasteiger partial charge < -0.3 is 10.2 Å². The minimum Gasteiger partial charge on any atom is -0.369 e. The maximum absolute atomic E-state index is 4.27. The van der Waals surface area contributed by atoms with E-state index in [1.165, 1.54) is 11.1 Å². The predicted octanol–water partition coefficient (Wildman–Crippen LogP) is 3.00. The third-order valence-electron chi connectivity index (χ3n) is 3.25. The lowest BCUT2D eigenvalue weighted by atomic mass is 10.1. The van der Waals surface area contributed by atoms with Gasteiger partial charge in [0.1, 0.15) is 0 Å². The van der Waals surface area contributed by atoms with E-state index in [0.717, 1.165) is 18.8 Å². The summed E-state index contributed by atoms with van der Waals surface area (Å²) >= 11 is 0. The lowest BCUT2D eigenvalue weighted by molar-refractivity contribution is 0.424. The lowest BCUT2D eigenvalue weighted by Crippen LogP contribution is -2.35. The first kappa shape index (κ1) is 15.4. The van der Waals surface area contributed by atoms with Crippen LogP contribution in [0.25, 0.3) is 0 Å². The summed E-state index contributed by atoms with van der Waals surface area (Å²) in [6.45, 7) is 8.18. The summed E-state index contributed by atoms with van der Waals surface area (Å²) in [4.78, 5) is 10.6. The standard InChI is InChI=1S/C17H24N4/c1-17(2,3)20-11-15-7-9-19-12-16(15)21(4)13-14-6-5-8-18-10-14/h5-10,12,20H,11,13H2,1-4H3. The van der Waals surface area contributed by atoms with Crippen LogP contribution in [0.1, 0.15) is 31.9 Å². The molecule has 0 radical (unpaired) electrons. The first-order chi connectivity index (χ1) is 9.96. The zero-order valence-electron chi connectivity index (χ0n) is 13.3. The highest BCUT2D eigenvalue weighted by molar-refractivity contribution is 5.51. The van der Waals surface area contributed by atoms with E-state index < -0.39 is 0 Å². The number of anilines is 1. The van der Waals surface area contributed by atoms with Crippen LogP contribution in [0.2, 0.25) is 0 Å². The quantitative estimate of drug-likeness (QED) is 0.916. The lowest BCUT2D eigenvalue weighted by Gasteiger charge is -2.25. The molecule has 2 rings (SSSR count). The van der Waals surface area contributed by atoms with E-state index in [9.17, 15) is 0 Å². The Balaban J connectivity index is 2.11. The van der Waals surface area contributed by atoms with Gasteiger partial charge in [0.15, 0.2) is 0 Å². The Labute approximate surface area is 127 Å². The number of hydrogen-bond acceptors (Lipinski definition) is 4. The van der Waals surface area contributed by atoms with E-state index in [-0.39, 0.29) is 5.54 Å². The number of nitrogens with zero attached hydrogens (tertiary/aromatic N) is 3. The SMILES string of the molecule is CN(Cc1cccnc1)c1cnccc1CNC(C)(C)C. The van der Waals surface area contributed by atoms with Crippen molar-refractivity contribution in [2.45, 2.75) is 39.4 Å². The van der Waals surface area contributed by atoms with E-state index in [1.807, 2.05) is 24.7 Å². The van der Waals surface area contributed by atoms with Gasteiger partial charge in [-0.2, -0.15) is 0 Å². The van der Waals surface area contributed by atoms with Crippen LogP contribution in [0, 0.1) is 0 Å². The molecule has 0 atom stereocenters. The van der Waals surface area contributed by atoms with Crippen molar-refractivity contribution in [2.75, 3.05) is 11.9 Å². The molecule has 0 unspecified atom stereocenters. The normalized spacial score (nSPS) is 11.4. The summed E-state index contributed by atoms with van der Waals surface area (Å²) in [5, 5.41) is 3.53. The Morgan fingerprint density at radius 2 is 1.86 bits per heavy atom. The Kier molecular flexibility index (Phi) is 4.91. The number of aromatic nitrogens is 2. The van der Waals surface area contributed by atoms with Gasteiger partial charge in [-0.3, -0.25) is 9.97 Å². The van der Waals surface area contributed by atoms with Crippen molar-refractivity contribution in [2.24, 2.45) is 0 Å². The Bertz CT molecular complexity index is 561. The topological polar surface area (TPSA) is 41.1 Å². The van der Waals surface area contributed by atoms with Gasteiger partial charge in [-0.25, -0.2) is 0 Å². The van der Waals surface area contributed by atoms with E-state index in [2.05, 4.69) is 60.1 Å². The molecule has 0 spiro atoms. The van der Waals surface area contributed by atoms with E-state index in [1.54, 1.807) is 6.20 Å². The van der Waals surface area contributed by atoms with Gasteiger partial charge in [-0.15, -0.1) is 0 Å². The van der Waals surface area contributed by atoms with Gasteiger partial charge in [0, 0.05) is 44.3 Å². The van der Waals surface area contributed by atoms with E-state index in [4.69, 9.17) is 0 Å². The van der Waals surface area contributed by atoms with Crippen molar-refractivity contribution in [3.8, 4) is 0 Å². The van der Waals surface area contributed by atoms with Gasteiger partial charge in [0.05, 0.1) is 11.9 Å². The summed E-state index contributed by atoms with van der Waals surface area (Å²) in [5.41, 5.74) is 3.70. The monoisotopic (exact) mass is 284 g/mol. The molecule has 112 valence electrons. The smallest absolute Gasteiger partial charge is 0.0598 e. The molecule has 0 aliphatic carbocycles. The van der Waals surface area contributed by atoms with Gasteiger partial charge in [0.25, 0.3) is 0 Å². The third kappa shape index (κ3) is 4.83. The maximum atomic E-state index is 4.27. The van der Waals surface area contributed by atoms with Crippen LogP contribution in [-0.4, -0.2) is 22.6 Å². The minimum atomic E-state index is 0.0997. The van der Waals surface area contributed by atoms with Crippen LogP contribution < -0.4 is 10.2 Å². The zero-order chi connectivity index (χ0) is 15.3. The highest BCUT2D eigenvalue weighted by atomic mass is 15.1. The predicted molar refractivity (Wildman–Crippen MR) is 87.2 cm³/mol. The molecule has 0 bridgehead atoms. The molecule has 0 fully saturated rings. The molecule has 0 aliphatic heterocycles. The third-order valence-corrected chi connectivity index (χ3v) is 3.25. The van der Waals surface area contributed by atoms with Crippen molar-refractivity contribution in [3.05, 3.63) is 54.1 Å². The second-order valence-electron chi connectivity index (χ2n) is 6.33. The fourth-order valence-electron chi connectivity index (χ4n) is 2.12. The Hall–Kier alpha value is -1.94. The number of pyridine rings is 2. The average Bonchev–Trinajstić information content (AvgIpc) is 2.46. The van der Waals surface area contributed by atoms with Gasteiger partial charge in [-0.05, 0) is 44.0 Å². The molecule has 0 saturated carbocycles. The first-order valence-electron chi connectivity index (χ1n) is 7.24. The molecule has 21 heavy (non-hydrogen) atoms. The molecule has 2 aromatic rings. The van der Waals surface area contributed by atoms with Gasteiger partial charge in [0.2, 0.25) is 0 Å². The summed E-state index contributed by atoms with van der Waals surface area (Å²) in [6.07, 6.45) is 7.48. The molecule has 4 nitrogen and oxygen atoms in total. The van der Waals surface area contributed by atoms with Crippen LogP contribution in [0.15, 0.2) is 43.0 Å². The molecule has 0 aliphatic rings. The van der Waals surface area contributed by atoms with Crippen LogP contribution in [0.4, 0.5) is 5.69 Å². The van der Waals surface area contributed by atoms with Crippen molar-refractivity contribution in [3.63, 3.8) is 0 Å². The molecular formula is C17H24N4. The molecule has 2 aromatic heterocycles. The second-order valence-corrected chi connectivity index (χ2v) is 6.33. The summed E-state index contributed by atoms with van der Waals surface area (Å²) in [5.74, 6) is 0. The molecular weight excluding hydrogens is 260 g/mol. The minimum absolute atomic E-state index is 0.0997. The highest BCUT2D eigenvalue weighted by Crippen LogP contribution is 2.20. The first-order valence-corrected chi connectivity index (χ1v) is 7.24. The van der Waals surface area contributed by atoms with Crippen LogP contribution in [0.3, 0.4) is 0 Å². The molecule has 0 amide bonds. The van der Waals surface area contributed by atoms with Crippen molar-refractivity contribution >= 4 is 5.69 Å². The summed E-state index contributed by atoms with van der Waals surface area (Å²) < 4.78 is 0. The van der Waals surface area contributed by atoms with E-state index in [0.29, 0.717) is 0 Å². The molecule has 4 heteroatoms. The Morgan fingerprint density at radius 1 is 1.10 bits per heavy atom. The number of rotatable bonds is 5. The molecule has 0 saturated heterocycles. The number of nitrogens with one attached hydrogen (secondary N) is 1. The molecule has 1 N–H and O–H groups in total. The fraction of sp³-hybridized carbons (Fsp3) is 0.412. The van der Waals surface area contributed by atoms with Gasteiger partial charge >= 0.3 is 0 Å². The number of hydrogen-bond donors (Lipinski definition) is 1. The van der Waals surface area contributed by atoms with E-state index >= 15 is 0 Å². The van der Waals surface area contributed by atoms with Crippen LogP contribution in [0.5, 0.6) is 0 Å². The highest BCUT2D eigenvalue weighted by Gasteiger charge is 2.12. The largest absolute Gasteiger partial charge is 0.369 e. The molecule has 2 heterocycles. The average molecular weight is 284 g/mol. The molecule has 0 aromatic carbocycles. The summed E-state index contributed by atoms with van der Waals surface area (Å²) in [6, 6.07) is 6.13. The van der Waals surface area contributed by atoms with Crippen molar-refractivity contribution in [1.29, 1.82) is 0 Å². The fourth-order valence-corrected chi connectivity index (χ4v) is 2.12.